The first-order chi connectivity index (χ1) is 12.5. The summed E-state index contributed by atoms with van der Waals surface area (Å²) in [7, 11) is 3.94. The van der Waals surface area contributed by atoms with Crippen LogP contribution in [0.4, 0.5) is 0 Å². The monoisotopic (exact) mass is 377 g/mol. The molecule has 1 unspecified atom stereocenters. The number of hydrogen-bond donors (Lipinski definition) is 0. The van der Waals surface area contributed by atoms with Crippen LogP contribution in [0.25, 0.3) is 0 Å². The molecule has 1 aliphatic carbocycles. The summed E-state index contributed by atoms with van der Waals surface area (Å²) >= 11 is 5.99. The molecule has 0 radical (unpaired) electrons. The fourth-order valence-electron chi connectivity index (χ4n) is 3.57. The van der Waals surface area contributed by atoms with Crippen LogP contribution in [-0.2, 0) is 9.59 Å². The van der Waals surface area contributed by atoms with E-state index in [0.29, 0.717) is 43.5 Å². The summed E-state index contributed by atoms with van der Waals surface area (Å²) in [5, 5.41) is 0.695. The van der Waals surface area contributed by atoms with Crippen LogP contribution in [0.2, 0.25) is 5.02 Å². The van der Waals surface area contributed by atoms with Gasteiger partial charge in [-0.3, -0.25) is 9.59 Å². The first kappa shape index (κ1) is 19.2. The Hall–Kier alpha value is -1.59. The van der Waals surface area contributed by atoms with Crippen molar-refractivity contribution in [2.24, 2.45) is 5.92 Å². The van der Waals surface area contributed by atoms with Crippen molar-refractivity contribution in [2.45, 2.75) is 25.2 Å². The molecule has 2 aliphatic rings. The highest BCUT2D eigenvalue weighted by Gasteiger charge is 2.40. The summed E-state index contributed by atoms with van der Waals surface area (Å²) in [4.78, 5) is 31.3. The highest BCUT2D eigenvalue weighted by molar-refractivity contribution is 6.30. The van der Waals surface area contributed by atoms with Gasteiger partial charge in [0.15, 0.2) is 0 Å². The zero-order valence-electron chi connectivity index (χ0n) is 15.7. The van der Waals surface area contributed by atoms with Crippen LogP contribution < -0.4 is 0 Å². The first-order valence-corrected chi connectivity index (χ1v) is 9.80. The smallest absolute Gasteiger partial charge is 0.230 e. The summed E-state index contributed by atoms with van der Waals surface area (Å²) in [6, 6.07) is 7.68. The lowest BCUT2D eigenvalue weighted by Gasteiger charge is -2.37. The molecule has 1 saturated heterocycles. The minimum atomic E-state index is -0.0664. The number of carbonyl (C=O) groups excluding carboxylic acids is 2. The van der Waals surface area contributed by atoms with Gasteiger partial charge >= 0.3 is 0 Å². The fourth-order valence-corrected chi connectivity index (χ4v) is 3.69. The highest BCUT2D eigenvalue weighted by Crippen LogP contribution is 2.43. The van der Waals surface area contributed by atoms with Gasteiger partial charge in [0.2, 0.25) is 11.8 Å². The fraction of sp³-hybridized carbons (Fsp3) is 0.600. The maximum Gasteiger partial charge on any atom is 0.230 e. The van der Waals surface area contributed by atoms with E-state index in [1.54, 1.807) is 0 Å². The first-order valence-electron chi connectivity index (χ1n) is 9.42. The molecule has 1 saturated carbocycles. The standard InChI is InChI=1S/C20H28ClN3O2/c1-22(2)10-9-18(25)23-11-13-24(14-12-23)20(26)19(15-3-4-15)16-5-7-17(21)8-6-16/h5-8,15,19H,3-4,9-14H2,1-2H3. The van der Waals surface area contributed by atoms with E-state index in [9.17, 15) is 9.59 Å². The highest BCUT2D eigenvalue weighted by atomic mass is 35.5. The van der Waals surface area contributed by atoms with Crippen molar-refractivity contribution >= 4 is 23.4 Å². The van der Waals surface area contributed by atoms with Crippen LogP contribution in [-0.4, -0.2) is 73.3 Å². The lowest BCUT2D eigenvalue weighted by atomic mass is 9.92. The molecule has 0 N–H and O–H groups in total. The van der Waals surface area contributed by atoms with Gasteiger partial charge in [-0.25, -0.2) is 0 Å². The zero-order valence-corrected chi connectivity index (χ0v) is 16.4. The van der Waals surface area contributed by atoms with Gasteiger partial charge in [0.1, 0.15) is 0 Å². The molecule has 142 valence electrons. The minimum absolute atomic E-state index is 0.0664. The molecule has 3 rings (SSSR count). The molecule has 5 nitrogen and oxygen atoms in total. The molecule has 1 aromatic carbocycles. The second kappa shape index (κ2) is 8.40. The largest absolute Gasteiger partial charge is 0.339 e. The van der Waals surface area contributed by atoms with E-state index in [4.69, 9.17) is 11.6 Å². The van der Waals surface area contributed by atoms with Gasteiger partial charge in [0, 0.05) is 44.2 Å². The van der Waals surface area contributed by atoms with Crippen molar-refractivity contribution in [1.29, 1.82) is 0 Å². The number of carbonyl (C=O) groups is 2. The number of nitrogens with zero attached hydrogens (tertiary/aromatic N) is 3. The maximum atomic E-state index is 13.1. The van der Waals surface area contributed by atoms with Crippen LogP contribution >= 0.6 is 11.6 Å². The Kier molecular flexibility index (Phi) is 6.20. The van der Waals surface area contributed by atoms with Gasteiger partial charge in [0.05, 0.1) is 5.92 Å². The van der Waals surface area contributed by atoms with Crippen LogP contribution in [0.15, 0.2) is 24.3 Å². The second-order valence-corrected chi connectivity index (χ2v) is 8.06. The van der Waals surface area contributed by atoms with Crippen LogP contribution in [0.3, 0.4) is 0 Å². The normalized spacial score (nSPS) is 18.9. The van der Waals surface area contributed by atoms with E-state index >= 15 is 0 Å². The lowest BCUT2D eigenvalue weighted by molar-refractivity contribution is -0.140. The van der Waals surface area contributed by atoms with Crippen molar-refractivity contribution in [2.75, 3.05) is 46.8 Å². The molecule has 1 aromatic rings. The van der Waals surface area contributed by atoms with Crippen molar-refractivity contribution < 1.29 is 9.59 Å². The molecular formula is C20H28ClN3O2. The Morgan fingerprint density at radius 2 is 1.65 bits per heavy atom. The number of hydrogen-bond acceptors (Lipinski definition) is 3. The van der Waals surface area contributed by atoms with Gasteiger partial charge in [0.25, 0.3) is 0 Å². The molecule has 1 aliphatic heterocycles. The van der Waals surface area contributed by atoms with Gasteiger partial charge in [-0.1, -0.05) is 23.7 Å². The van der Waals surface area contributed by atoms with Crippen LogP contribution in [0.5, 0.6) is 0 Å². The van der Waals surface area contributed by atoms with Crippen molar-refractivity contribution in [3.63, 3.8) is 0 Å². The predicted molar refractivity (Wildman–Crippen MR) is 103 cm³/mol. The number of piperazine rings is 1. The van der Waals surface area contributed by atoms with Gasteiger partial charge in [-0.2, -0.15) is 0 Å². The van der Waals surface area contributed by atoms with E-state index in [1.807, 2.05) is 53.1 Å². The van der Waals surface area contributed by atoms with Gasteiger partial charge in [-0.15, -0.1) is 0 Å². The third-order valence-corrected chi connectivity index (χ3v) is 5.56. The quantitative estimate of drug-likeness (QED) is 0.764. The van der Waals surface area contributed by atoms with Gasteiger partial charge < -0.3 is 14.7 Å². The van der Waals surface area contributed by atoms with Crippen molar-refractivity contribution in [1.82, 2.24) is 14.7 Å². The Bertz CT molecular complexity index is 635. The average Bonchev–Trinajstić information content (AvgIpc) is 3.46. The summed E-state index contributed by atoms with van der Waals surface area (Å²) in [6.45, 7) is 3.29. The Morgan fingerprint density at radius 3 is 2.19 bits per heavy atom. The lowest BCUT2D eigenvalue weighted by Crippen LogP contribution is -2.52. The maximum absolute atomic E-state index is 13.1. The van der Waals surface area contributed by atoms with E-state index in [1.165, 1.54) is 0 Å². The molecule has 26 heavy (non-hydrogen) atoms. The number of rotatable bonds is 6. The predicted octanol–water partition coefficient (Wildman–Crippen LogP) is 2.46. The topological polar surface area (TPSA) is 43.9 Å². The molecule has 0 aromatic heterocycles. The van der Waals surface area contributed by atoms with Crippen LogP contribution in [0, 0.1) is 5.92 Å². The molecule has 6 heteroatoms. The molecule has 2 fully saturated rings. The van der Waals surface area contributed by atoms with Gasteiger partial charge in [-0.05, 0) is 50.6 Å². The summed E-state index contributed by atoms with van der Waals surface area (Å²) < 4.78 is 0. The molecule has 2 amide bonds. The summed E-state index contributed by atoms with van der Waals surface area (Å²) in [5.74, 6) is 0.768. The average molecular weight is 378 g/mol. The SMILES string of the molecule is CN(C)CCC(=O)N1CCN(C(=O)C(c2ccc(Cl)cc2)C2CC2)CC1. The Balaban J connectivity index is 1.58. The van der Waals surface area contributed by atoms with Crippen molar-refractivity contribution in [3.05, 3.63) is 34.9 Å². The minimum Gasteiger partial charge on any atom is -0.339 e. The summed E-state index contributed by atoms with van der Waals surface area (Å²) in [5.41, 5.74) is 1.06. The Morgan fingerprint density at radius 1 is 1.08 bits per heavy atom. The van der Waals surface area contributed by atoms with Crippen molar-refractivity contribution in [3.8, 4) is 0 Å². The third kappa shape index (κ3) is 4.77. The number of halogens is 1. The van der Waals surface area contributed by atoms with E-state index < -0.39 is 0 Å². The molecule has 0 spiro atoms. The number of amides is 2. The molecule has 0 bridgehead atoms. The number of benzene rings is 1. The molecule has 1 atom stereocenters. The zero-order chi connectivity index (χ0) is 18.7. The second-order valence-electron chi connectivity index (χ2n) is 7.63. The Labute approximate surface area is 160 Å². The van der Waals surface area contributed by atoms with E-state index in [2.05, 4.69) is 0 Å². The molecule has 1 heterocycles. The third-order valence-electron chi connectivity index (χ3n) is 5.31. The molecular weight excluding hydrogens is 350 g/mol. The van der Waals surface area contributed by atoms with E-state index in [0.717, 1.165) is 24.9 Å². The van der Waals surface area contributed by atoms with Crippen LogP contribution in [0.1, 0.15) is 30.7 Å². The van der Waals surface area contributed by atoms with E-state index in [-0.39, 0.29) is 17.7 Å². The summed E-state index contributed by atoms with van der Waals surface area (Å²) in [6.07, 6.45) is 2.76.